The fourth-order valence-corrected chi connectivity index (χ4v) is 2.65. The molecule has 0 radical (unpaired) electrons. The Morgan fingerprint density at radius 1 is 1.40 bits per heavy atom. The number of rotatable bonds is 4. The number of carbonyl (C=O) groups excluding carboxylic acids is 1. The average Bonchev–Trinajstić information content (AvgIpc) is 2.42. The van der Waals surface area contributed by atoms with E-state index in [9.17, 15) is 4.79 Å². The van der Waals surface area contributed by atoms with Crippen LogP contribution in [-0.2, 0) is 9.53 Å². The van der Waals surface area contributed by atoms with Gasteiger partial charge in [-0.15, -0.1) is 0 Å². The summed E-state index contributed by atoms with van der Waals surface area (Å²) in [6.07, 6.45) is 1.55. The first-order valence-corrected chi connectivity index (χ1v) is 7.26. The van der Waals surface area contributed by atoms with Gasteiger partial charge in [0.2, 0.25) is 0 Å². The van der Waals surface area contributed by atoms with E-state index in [0.717, 1.165) is 31.6 Å². The van der Waals surface area contributed by atoms with Crippen LogP contribution in [0.2, 0.25) is 0 Å². The Bertz CT molecular complexity index is 465. The van der Waals surface area contributed by atoms with Gasteiger partial charge in [-0.1, -0.05) is 12.1 Å². The zero-order valence-electron chi connectivity index (χ0n) is 12.6. The van der Waals surface area contributed by atoms with E-state index in [1.807, 2.05) is 19.1 Å². The number of nitrogens with one attached hydrogen (secondary N) is 1. The predicted molar refractivity (Wildman–Crippen MR) is 80.9 cm³/mol. The number of benzene rings is 1. The van der Waals surface area contributed by atoms with Gasteiger partial charge in [0.1, 0.15) is 5.54 Å². The van der Waals surface area contributed by atoms with Crippen LogP contribution in [0, 0.1) is 6.92 Å². The Morgan fingerprint density at radius 3 is 2.70 bits per heavy atom. The van der Waals surface area contributed by atoms with Crippen molar-refractivity contribution in [2.45, 2.75) is 32.2 Å². The van der Waals surface area contributed by atoms with E-state index in [1.54, 1.807) is 0 Å². The molecule has 0 spiro atoms. The fourth-order valence-electron chi connectivity index (χ4n) is 2.65. The number of hydrogen-bond donors (Lipinski definition) is 1. The van der Waals surface area contributed by atoms with Crippen LogP contribution < -0.4 is 5.32 Å². The molecule has 1 heterocycles. The number of likely N-dealkylation sites (tertiary alicyclic amines) is 1. The summed E-state index contributed by atoms with van der Waals surface area (Å²) in [6, 6.07) is 8.13. The van der Waals surface area contributed by atoms with Crippen LogP contribution in [0.25, 0.3) is 0 Å². The van der Waals surface area contributed by atoms with E-state index in [-0.39, 0.29) is 5.97 Å². The molecule has 0 amide bonds. The van der Waals surface area contributed by atoms with Gasteiger partial charge in [0, 0.05) is 18.8 Å². The molecular formula is C16H24N2O2. The summed E-state index contributed by atoms with van der Waals surface area (Å²) in [4.78, 5) is 14.7. The van der Waals surface area contributed by atoms with E-state index >= 15 is 0 Å². The minimum Gasteiger partial charge on any atom is -0.464 e. The number of hydrogen-bond acceptors (Lipinski definition) is 4. The maximum Gasteiger partial charge on any atom is 0.331 e. The summed E-state index contributed by atoms with van der Waals surface area (Å²) in [5.74, 6) is -0.130. The van der Waals surface area contributed by atoms with E-state index in [2.05, 4.69) is 36.3 Å². The van der Waals surface area contributed by atoms with Crippen LogP contribution in [0.3, 0.4) is 0 Å². The third kappa shape index (κ3) is 3.31. The smallest absolute Gasteiger partial charge is 0.331 e. The molecule has 20 heavy (non-hydrogen) atoms. The summed E-state index contributed by atoms with van der Waals surface area (Å²) in [7, 11) is 2.09. The molecule has 4 heteroatoms. The molecule has 0 bridgehead atoms. The van der Waals surface area contributed by atoms with Crippen molar-refractivity contribution in [1.82, 2.24) is 4.90 Å². The molecule has 0 saturated carbocycles. The molecule has 0 aromatic heterocycles. The zero-order valence-corrected chi connectivity index (χ0v) is 12.6. The van der Waals surface area contributed by atoms with Gasteiger partial charge in [-0.3, -0.25) is 0 Å². The first kappa shape index (κ1) is 14.9. The van der Waals surface area contributed by atoms with Gasteiger partial charge in [0.25, 0.3) is 0 Å². The lowest BCUT2D eigenvalue weighted by molar-refractivity contribution is -0.150. The lowest BCUT2D eigenvalue weighted by Crippen LogP contribution is -2.54. The number of aryl methyl sites for hydroxylation is 1. The quantitative estimate of drug-likeness (QED) is 0.858. The van der Waals surface area contributed by atoms with Crippen LogP contribution in [0.5, 0.6) is 0 Å². The van der Waals surface area contributed by atoms with Crippen LogP contribution in [-0.4, -0.2) is 43.2 Å². The number of carbonyl (C=O) groups is 1. The van der Waals surface area contributed by atoms with Gasteiger partial charge < -0.3 is 15.0 Å². The highest BCUT2D eigenvalue weighted by atomic mass is 16.5. The van der Waals surface area contributed by atoms with Crippen molar-refractivity contribution in [3.63, 3.8) is 0 Å². The summed E-state index contributed by atoms with van der Waals surface area (Å²) >= 11 is 0. The Kier molecular flexibility index (Phi) is 4.65. The van der Waals surface area contributed by atoms with Gasteiger partial charge in [0.05, 0.1) is 6.61 Å². The SMILES string of the molecule is CCOC(=O)C1(Nc2cccc(C)c2)CCN(C)CC1. The van der Waals surface area contributed by atoms with Crippen molar-refractivity contribution < 1.29 is 9.53 Å². The Hall–Kier alpha value is -1.55. The van der Waals surface area contributed by atoms with Crippen molar-refractivity contribution in [2.24, 2.45) is 0 Å². The van der Waals surface area contributed by atoms with E-state index in [1.165, 1.54) is 5.56 Å². The Labute approximate surface area is 121 Å². The first-order valence-electron chi connectivity index (χ1n) is 7.26. The molecule has 1 aliphatic heterocycles. The molecule has 110 valence electrons. The summed E-state index contributed by atoms with van der Waals surface area (Å²) in [5, 5.41) is 3.44. The second-order valence-electron chi connectivity index (χ2n) is 5.60. The average molecular weight is 276 g/mol. The largest absolute Gasteiger partial charge is 0.464 e. The van der Waals surface area contributed by atoms with E-state index < -0.39 is 5.54 Å². The summed E-state index contributed by atoms with van der Waals surface area (Å²) in [5.41, 5.74) is 1.58. The normalized spacial score (nSPS) is 18.6. The number of piperidine rings is 1. The minimum atomic E-state index is -0.587. The van der Waals surface area contributed by atoms with Gasteiger partial charge in [-0.2, -0.15) is 0 Å². The predicted octanol–water partition coefficient (Wildman–Crippen LogP) is 2.43. The van der Waals surface area contributed by atoms with Crippen LogP contribution in [0.15, 0.2) is 24.3 Å². The highest BCUT2D eigenvalue weighted by Gasteiger charge is 2.42. The van der Waals surface area contributed by atoms with E-state index in [4.69, 9.17) is 4.74 Å². The monoisotopic (exact) mass is 276 g/mol. The topological polar surface area (TPSA) is 41.6 Å². The van der Waals surface area contributed by atoms with Crippen molar-refractivity contribution in [1.29, 1.82) is 0 Å². The number of ether oxygens (including phenoxy) is 1. The molecule has 1 aromatic rings. The number of esters is 1. The molecule has 1 saturated heterocycles. The maximum atomic E-state index is 12.4. The molecule has 2 rings (SSSR count). The third-order valence-corrected chi connectivity index (χ3v) is 3.91. The van der Waals surface area contributed by atoms with Gasteiger partial charge in [0.15, 0.2) is 0 Å². The highest BCUT2D eigenvalue weighted by Crippen LogP contribution is 2.28. The summed E-state index contributed by atoms with van der Waals surface area (Å²) < 4.78 is 5.30. The molecule has 0 atom stereocenters. The number of nitrogens with zero attached hydrogens (tertiary/aromatic N) is 1. The highest BCUT2D eigenvalue weighted by molar-refractivity contribution is 5.85. The summed E-state index contributed by atoms with van der Waals surface area (Å²) in [6.45, 7) is 6.13. The minimum absolute atomic E-state index is 0.130. The van der Waals surface area contributed by atoms with Gasteiger partial charge >= 0.3 is 5.97 Å². The second kappa shape index (κ2) is 6.27. The molecule has 0 unspecified atom stereocenters. The molecule has 1 aliphatic rings. The molecule has 1 N–H and O–H groups in total. The van der Waals surface area contributed by atoms with E-state index in [0.29, 0.717) is 6.61 Å². The lowest BCUT2D eigenvalue weighted by Gasteiger charge is -2.39. The molecule has 1 aromatic carbocycles. The Balaban J connectivity index is 2.20. The van der Waals surface area contributed by atoms with Crippen molar-refractivity contribution in [2.75, 3.05) is 32.1 Å². The third-order valence-electron chi connectivity index (χ3n) is 3.91. The zero-order chi connectivity index (χ0) is 14.6. The second-order valence-corrected chi connectivity index (χ2v) is 5.60. The number of anilines is 1. The van der Waals surface area contributed by atoms with Crippen LogP contribution in [0.4, 0.5) is 5.69 Å². The molecular weight excluding hydrogens is 252 g/mol. The van der Waals surface area contributed by atoms with Crippen LogP contribution >= 0.6 is 0 Å². The fraction of sp³-hybridized carbons (Fsp3) is 0.562. The molecule has 0 aliphatic carbocycles. The first-order chi connectivity index (χ1) is 9.55. The van der Waals surface area contributed by atoms with Crippen molar-refractivity contribution >= 4 is 11.7 Å². The molecule has 1 fully saturated rings. The van der Waals surface area contributed by atoms with Crippen molar-refractivity contribution in [3.8, 4) is 0 Å². The lowest BCUT2D eigenvalue weighted by atomic mass is 9.87. The Morgan fingerprint density at radius 2 is 2.10 bits per heavy atom. The molecule has 4 nitrogen and oxygen atoms in total. The van der Waals surface area contributed by atoms with Gasteiger partial charge in [-0.05, 0) is 51.4 Å². The van der Waals surface area contributed by atoms with Crippen LogP contribution in [0.1, 0.15) is 25.3 Å². The van der Waals surface area contributed by atoms with Gasteiger partial charge in [-0.25, -0.2) is 4.79 Å². The maximum absolute atomic E-state index is 12.4. The van der Waals surface area contributed by atoms with Crippen molar-refractivity contribution in [3.05, 3.63) is 29.8 Å². The standard InChI is InChI=1S/C16H24N2O2/c1-4-20-15(19)16(8-10-18(3)11-9-16)17-14-7-5-6-13(2)12-14/h5-7,12,17H,4,8-11H2,1-3H3.